The Morgan fingerprint density at radius 1 is 1.16 bits per heavy atom. The summed E-state index contributed by atoms with van der Waals surface area (Å²) >= 11 is 0. The topological polar surface area (TPSA) is 66.8 Å². The van der Waals surface area contributed by atoms with Gasteiger partial charge in [0.05, 0.1) is 0 Å². The monoisotopic (exact) mass is 345 g/mol. The van der Waals surface area contributed by atoms with E-state index in [2.05, 4.69) is 0 Å². The largest absolute Gasteiger partial charge is 0.481 e. The van der Waals surface area contributed by atoms with Crippen molar-refractivity contribution in [2.45, 2.75) is 20.4 Å². The number of nitrogens with zero attached hydrogens (tertiary/aromatic N) is 1. The average Bonchev–Trinajstić information content (AvgIpc) is 2.52. The van der Waals surface area contributed by atoms with Gasteiger partial charge in [0.15, 0.2) is 6.61 Å². The van der Waals surface area contributed by atoms with Crippen molar-refractivity contribution in [2.75, 3.05) is 13.7 Å². The van der Waals surface area contributed by atoms with Crippen molar-refractivity contribution in [3.05, 3.63) is 64.5 Å². The normalized spacial score (nSPS) is 10.4. The summed E-state index contributed by atoms with van der Waals surface area (Å²) in [6, 6.07) is 9.43. The number of carboxylic acid groups (broad SMARTS) is 1. The lowest BCUT2D eigenvalue weighted by atomic mass is 10.0. The molecular formula is C19H20FNO4. The van der Waals surface area contributed by atoms with Crippen LogP contribution < -0.4 is 4.74 Å². The minimum Gasteiger partial charge on any atom is -0.481 e. The molecule has 1 N–H and O–H groups in total. The third-order valence-electron chi connectivity index (χ3n) is 3.70. The van der Waals surface area contributed by atoms with Crippen molar-refractivity contribution in [3.63, 3.8) is 0 Å². The zero-order valence-corrected chi connectivity index (χ0v) is 14.4. The van der Waals surface area contributed by atoms with Crippen LogP contribution in [0.3, 0.4) is 0 Å². The van der Waals surface area contributed by atoms with E-state index in [0.717, 1.165) is 0 Å². The summed E-state index contributed by atoms with van der Waals surface area (Å²) < 4.78 is 18.5. The number of ether oxygens (including phenoxy) is 1. The van der Waals surface area contributed by atoms with Gasteiger partial charge in [-0.3, -0.25) is 4.79 Å². The molecule has 0 bridgehead atoms. The quantitative estimate of drug-likeness (QED) is 0.873. The van der Waals surface area contributed by atoms with Gasteiger partial charge in [0.1, 0.15) is 11.6 Å². The lowest BCUT2D eigenvalue weighted by Gasteiger charge is -2.19. The molecule has 0 fully saturated rings. The number of carbonyl (C=O) groups excluding carboxylic acids is 1. The first-order valence-electron chi connectivity index (χ1n) is 7.73. The van der Waals surface area contributed by atoms with Crippen LogP contribution >= 0.6 is 0 Å². The lowest BCUT2D eigenvalue weighted by Crippen LogP contribution is -2.26. The average molecular weight is 345 g/mol. The van der Waals surface area contributed by atoms with Gasteiger partial charge in [-0.1, -0.05) is 12.1 Å². The van der Waals surface area contributed by atoms with Crippen LogP contribution in [0.15, 0.2) is 36.4 Å². The Morgan fingerprint density at radius 2 is 1.80 bits per heavy atom. The summed E-state index contributed by atoms with van der Waals surface area (Å²) in [7, 11) is 1.65. The minimum atomic E-state index is -1.06. The second-order valence-corrected chi connectivity index (χ2v) is 5.91. The minimum absolute atomic E-state index is 0.208. The summed E-state index contributed by atoms with van der Waals surface area (Å²) in [6.45, 7) is 3.36. The van der Waals surface area contributed by atoms with Crippen LogP contribution in [-0.2, 0) is 11.3 Å². The number of amides is 1. The van der Waals surface area contributed by atoms with Crippen LogP contribution in [0.2, 0.25) is 0 Å². The predicted molar refractivity (Wildman–Crippen MR) is 91.2 cm³/mol. The molecule has 2 rings (SSSR count). The van der Waals surface area contributed by atoms with Crippen LogP contribution in [0.25, 0.3) is 0 Å². The van der Waals surface area contributed by atoms with Crippen LogP contribution in [0.1, 0.15) is 27.0 Å². The van der Waals surface area contributed by atoms with Crippen molar-refractivity contribution in [2.24, 2.45) is 0 Å². The molecule has 2 aromatic rings. The molecule has 0 unspecified atom stereocenters. The Labute approximate surface area is 145 Å². The maximum Gasteiger partial charge on any atom is 0.341 e. The zero-order valence-electron chi connectivity index (χ0n) is 14.4. The maximum atomic E-state index is 13.3. The number of benzene rings is 2. The Balaban J connectivity index is 2.17. The summed E-state index contributed by atoms with van der Waals surface area (Å²) in [5.41, 5.74) is 2.54. The zero-order chi connectivity index (χ0) is 18.6. The van der Waals surface area contributed by atoms with Gasteiger partial charge >= 0.3 is 5.97 Å². The van der Waals surface area contributed by atoms with E-state index in [4.69, 9.17) is 9.84 Å². The first kappa shape index (κ1) is 18.4. The van der Waals surface area contributed by atoms with Gasteiger partial charge in [-0.15, -0.1) is 0 Å². The molecule has 0 aliphatic heterocycles. The van der Waals surface area contributed by atoms with E-state index < -0.39 is 12.6 Å². The van der Waals surface area contributed by atoms with Crippen molar-refractivity contribution in [3.8, 4) is 5.75 Å². The van der Waals surface area contributed by atoms with Gasteiger partial charge in [-0.25, -0.2) is 9.18 Å². The highest BCUT2D eigenvalue weighted by molar-refractivity contribution is 5.94. The third kappa shape index (κ3) is 4.79. The molecule has 2 aromatic carbocycles. The molecule has 5 nitrogen and oxygen atoms in total. The smallest absolute Gasteiger partial charge is 0.341 e. The Kier molecular flexibility index (Phi) is 5.75. The second kappa shape index (κ2) is 7.79. The number of hydrogen-bond donors (Lipinski definition) is 1. The van der Waals surface area contributed by atoms with E-state index in [1.807, 2.05) is 0 Å². The summed E-state index contributed by atoms with van der Waals surface area (Å²) in [6.07, 6.45) is 0. The van der Waals surface area contributed by atoms with E-state index in [1.54, 1.807) is 45.2 Å². The number of carbonyl (C=O) groups is 2. The molecule has 132 valence electrons. The van der Waals surface area contributed by atoms with E-state index in [-0.39, 0.29) is 18.3 Å². The molecule has 0 aliphatic carbocycles. The first-order chi connectivity index (χ1) is 11.8. The second-order valence-electron chi connectivity index (χ2n) is 5.91. The van der Waals surface area contributed by atoms with E-state index in [1.165, 1.54) is 17.0 Å². The van der Waals surface area contributed by atoms with Gasteiger partial charge in [0.2, 0.25) is 0 Å². The fourth-order valence-corrected chi connectivity index (χ4v) is 2.64. The summed E-state index contributed by atoms with van der Waals surface area (Å²) in [5.74, 6) is -1.15. The van der Waals surface area contributed by atoms with Gasteiger partial charge in [0.25, 0.3) is 5.91 Å². The molecule has 0 aliphatic rings. The first-order valence-corrected chi connectivity index (χ1v) is 7.73. The number of rotatable bonds is 6. The van der Waals surface area contributed by atoms with E-state index in [9.17, 15) is 14.0 Å². The molecule has 1 amide bonds. The molecule has 6 heteroatoms. The number of aryl methyl sites for hydroxylation is 2. The van der Waals surface area contributed by atoms with Crippen LogP contribution in [0.4, 0.5) is 4.39 Å². The predicted octanol–water partition coefficient (Wildman–Crippen LogP) is 3.18. The molecule has 0 spiro atoms. The molecule has 0 saturated carbocycles. The van der Waals surface area contributed by atoms with Crippen LogP contribution in [-0.4, -0.2) is 35.5 Å². The van der Waals surface area contributed by atoms with Crippen molar-refractivity contribution >= 4 is 11.9 Å². The van der Waals surface area contributed by atoms with Gasteiger partial charge < -0.3 is 14.7 Å². The highest BCUT2D eigenvalue weighted by Crippen LogP contribution is 2.25. The number of carboxylic acids is 1. The van der Waals surface area contributed by atoms with E-state index >= 15 is 0 Å². The van der Waals surface area contributed by atoms with Gasteiger partial charge in [-0.05, 0) is 54.8 Å². The van der Waals surface area contributed by atoms with Crippen molar-refractivity contribution in [1.82, 2.24) is 4.90 Å². The van der Waals surface area contributed by atoms with Gasteiger partial charge in [0, 0.05) is 19.2 Å². The maximum absolute atomic E-state index is 13.3. The molecule has 0 heterocycles. The highest BCUT2D eigenvalue weighted by atomic mass is 19.1. The molecule has 25 heavy (non-hydrogen) atoms. The Morgan fingerprint density at radius 3 is 2.36 bits per heavy atom. The lowest BCUT2D eigenvalue weighted by molar-refractivity contribution is -0.139. The third-order valence-corrected chi connectivity index (χ3v) is 3.70. The number of aliphatic carboxylic acids is 1. The van der Waals surface area contributed by atoms with Crippen molar-refractivity contribution in [1.29, 1.82) is 0 Å². The standard InChI is InChI=1S/C19H20FNO4/c1-12-7-15(8-13(2)18(12)25-11-17(22)23)19(24)21(3)10-14-5-4-6-16(20)9-14/h4-9H,10-11H2,1-3H3,(H,22,23). The molecule has 0 atom stereocenters. The highest BCUT2D eigenvalue weighted by Gasteiger charge is 2.16. The van der Waals surface area contributed by atoms with Crippen LogP contribution in [0.5, 0.6) is 5.75 Å². The van der Waals surface area contributed by atoms with Crippen molar-refractivity contribution < 1.29 is 23.8 Å². The Hall–Kier alpha value is -2.89. The SMILES string of the molecule is Cc1cc(C(=O)N(C)Cc2cccc(F)c2)cc(C)c1OCC(=O)O. The molecule has 0 aromatic heterocycles. The van der Waals surface area contributed by atoms with E-state index in [0.29, 0.717) is 28.0 Å². The van der Waals surface area contributed by atoms with Crippen LogP contribution in [0, 0.1) is 19.7 Å². The number of halogens is 1. The fraction of sp³-hybridized carbons (Fsp3) is 0.263. The fourth-order valence-electron chi connectivity index (χ4n) is 2.64. The Bertz CT molecular complexity index is 781. The molecule has 0 radical (unpaired) electrons. The number of hydrogen-bond acceptors (Lipinski definition) is 3. The summed E-state index contributed by atoms with van der Waals surface area (Å²) in [5, 5.41) is 8.72. The van der Waals surface area contributed by atoms with Gasteiger partial charge in [-0.2, -0.15) is 0 Å². The molecular weight excluding hydrogens is 325 g/mol. The molecule has 0 saturated heterocycles. The summed E-state index contributed by atoms with van der Waals surface area (Å²) in [4.78, 5) is 24.8.